The Bertz CT molecular complexity index is 863. The number of rotatable bonds is 3. The molecule has 0 fully saturated rings. The topological polar surface area (TPSA) is 85.9 Å². The number of nitro benzene ring substituents is 1. The van der Waals surface area contributed by atoms with Crippen LogP contribution in [0.4, 0.5) is 5.69 Å². The van der Waals surface area contributed by atoms with Crippen LogP contribution < -0.4 is 5.43 Å². The van der Waals surface area contributed by atoms with Gasteiger partial charge >= 0.3 is 0 Å². The maximum atomic E-state index is 10.7. The number of hydrogen-bond donors (Lipinski definition) is 1. The van der Waals surface area contributed by atoms with E-state index >= 15 is 0 Å². The Morgan fingerprint density at radius 1 is 1.09 bits per heavy atom. The molecule has 0 amide bonds. The molecular weight excluding hydrogens is 314 g/mol. The monoisotopic (exact) mass is 325 g/mol. The van der Waals surface area contributed by atoms with Crippen LogP contribution in [0.1, 0.15) is 10.9 Å². The first kappa shape index (κ1) is 13.8. The van der Waals surface area contributed by atoms with E-state index in [0.717, 1.165) is 22.1 Å². The molecule has 114 valence electrons. The molecule has 0 bridgehead atoms. The second kappa shape index (κ2) is 5.40. The fourth-order valence-electron chi connectivity index (χ4n) is 2.40. The van der Waals surface area contributed by atoms with Crippen molar-refractivity contribution in [2.75, 3.05) is 5.43 Å². The largest absolute Gasteiger partial charge is 0.304 e. The third-order valence-electron chi connectivity index (χ3n) is 3.54. The van der Waals surface area contributed by atoms with Gasteiger partial charge in [0.1, 0.15) is 5.37 Å². The van der Waals surface area contributed by atoms with Crippen LogP contribution in [0, 0.1) is 10.1 Å². The van der Waals surface area contributed by atoms with Gasteiger partial charge in [0.15, 0.2) is 5.82 Å². The maximum Gasteiger partial charge on any atom is 0.269 e. The summed E-state index contributed by atoms with van der Waals surface area (Å²) in [6.45, 7) is 0. The lowest BCUT2D eigenvalue weighted by Crippen LogP contribution is -2.13. The average Bonchev–Trinajstić information content (AvgIpc) is 3.16. The van der Waals surface area contributed by atoms with Gasteiger partial charge in [-0.2, -0.15) is 0 Å². The molecule has 1 aromatic heterocycles. The molecule has 1 aliphatic heterocycles. The minimum Gasteiger partial charge on any atom is -0.304 e. The zero-order valence-electron chi connectivity index (χ0n) is 11.8. The van der Waals surface area contributed by atoms with E-state index in [-0.39, 0.29) is 11.1 Å². The molecule has 0 spiro atoms. The van der Waals surface area contributed by atoms with Crippen LogP contribution in [0.15, 0.2) is 59.8 Å². The molecule has 0 aliphatic carbocycles. The number of benzene rings is 2. The first-order valence-electron chi connectivity index (χ1n) is 6.91. The lowest BCUT2D eigenvalue weighted by molar-refractivity contribution is -0.384. The van der Waals surface area contributed by atoms with Crippen LogP contribution in [-0.2, 0) is 0 Å². The highest BCUT2D eigenvalue weighted by Crippen LogP contribution is 2.40. The van der Waals surface area contributed by atoms with Gasteiger partial charge in [-0.3, -0.25) is 10.1 Å². The van der Waals surface area contributed by atoms with E-state index in [4.69, 9.17) is 0 Å². The number of nitro groups is 1. The second-order valence-corrected chi connectivity index (χ2v) is 6.06. The molecule has 8 heteroatoms. The molecule has 1 N–H and O–H groups in total. The molecule has 7 nitrogen and oxygen atoms in total. The van der Waals surface area contributed by atoms with Crippen molar-refractivity contribution in [2.45, 2.75) is 10.5 Å². The van der Waals surface area contributed by atoms with Gasteiger partial charge in [0.2, 0.25) is 5.16 Å². The smallest absolute Gasteiger partial charge is 0.269 e. The van der Waals surface area contributed by atoms with Crippen LogP contribution in [0.25, 0.3) is 11.4 Å². The van der Waals surface area contributed by atoms with Crippen molar-refractivity contribution < 1.29 is 4.92 Å². The summed E-state index contributed by atoms with van der Waals surface area (Å²) < 4.78 is 1.85. The molecule has 1 aliphatic rings. The van der Waals surface area contributed by atoms with Crippen molar-refractivity contribution in [1.29, 1.82) is 0 Å². The fraction of sp³-hybridized carbons (Fsp3) is 0.0667. The minimum absolute atomic E-state index is 0.0521. The lowest BCUT2D eigenvalue weighted by atomic mass is 10.2. The van der Waals surface area contributed by atoms with Gasteiger partial charge in [-0.15, -0.1) is 10.2 Å². The summed E-state index contributed by atoms with van der Waals surface area (Å²) in [5.74, 6) is 0.748. The summed E-state index contributed by atoms with van der Waals surface area (Å²) in [5, 5.41) is 19.9. The molecule has 3 aromatic rings. The van der Waals surface area contributed by atoms with Crippen molar-refractivity contribution in [3.05, 3.63) is 70.3 Å². The normalized spacial score (nSPS) is 15.9. The summed E-state index contributed by atoms with van der Waals surface area (Å²) in [4.78, 5) is 10.3. The average molecular weight is 325 g/mol. The van der Waals surface area contributed by atoms with Gasteiger partial charge in [0.05, 0.1) is 4.92 Å². The van der Waals surface area contributed by atoms with Gasteiger partial charge in [-0.25, -0.2) is 4.68 Å². The summed E-state index contributed by atoms with van der Waals surface area (Å²) in [5.41, 5.74) is 5.34. The number of non-ortho nitro benzene ring substituents is 1. The molecule has 4 rings (SSSR count). The summed E-state index contributed by atoms with van der Waals surface area (Å²) in [6.07, 6.45) is 0. The van der Waals surface area contributed by atoms with E-state index in [1.807, 2.05) is 35.0 Å². The predicted octanol–water partition coefficient (Wildman–Crippen LogP) is 3.20. The van der Waals surface area contributed by atoms with Crippen molar-refractivity contribution in [1.82, 2.24) is 14.9 Å². The van der Waals surface area contributed by atoms with E-state index < -0.39 is 4.92 Å². The van der Waals surface area contributed by atoms with E-state index in [0.29, 0.717) is 0 Å². The molecule has 0 saturated carbocycles. The number of aromatic nitrogens is 3. The number of hydrogen-bond acceptors (Lipinski definition) is 6. The van der Waals surface area contributed by atoms with Gasteiger partial charge < -0.3 is 5.43 Å². The molecule has 0 radical (unpaired) electrons. The molecule has 1 atom stereocenters. The highest BCUT2D eigenvalue weighted by Gasteiger charge is 2.28. The van der Waals surface area contributed by atoms with Crippen LogP contribution in [0.2, 0.25) is 0 Å². The Balaban J connectivity index is 1.61. The van der Waals surface area contributed by atoms with Crippen molar-refractivity contribution in [3.8, 4) is 11.4 Å². The highest BCUT2D eigenvalue weighted by atomic mass is 32.2. The van der Waals surface area contributed by atoms with E-state index in [1.165, 1.54) is 23.9 Å². The zero-order chi connectivity index (χ0) is 15.8. The fourth-order valence-corrected chi connectivity index (χ4v) is 3.39. The number of fused-ring (bicyclic) bond motifs is 1. The Hall–Kier alpha value is -2.87. The minimum atomic E-state index is -0.401. The van der Waals surface area contributed by atoms with Crippen LogP contribution in [0.5, 0.6) is 0 Å². The summed E-state index contributed by atoms with van der Waals surface area (Å²) in [7, 11) is 0. The molecule has 2 heterocycles. The highest BCUT2D eigenvalue weighted by molar-refractivity contribution is 7.99. The first-order valence-corrected chi connectivity index (χ1v) is 7.79. The molecule has 2 aromatic carbocycles. The molecular formula is C15H11N5O2S. The van der Waals surface area contributed by atoms with Crippen LogP contribution in [0.3, 0.4) is 0 Å². The summed E-state index contributed by atoms with van der Waals surface area (Å²) in [6, 6.07) is 16.3. The Morgan fingerprint density at radius 3 is 2.52 bits per heavy atom. The van der Waals surface area contributed by atoms with Gasteiger partial charge in [-0.1, -0.05) is 42.1 Å². The van der Waals surface area contributed by atoms with E-state index in [1.54, 1.807) is 12.1 Å². The van der Waals surface area contributed by atoms with Crippen molar-refractivity contribution in [2.24, 2.45) is 0 Å². The molecule has 0 saturated heterocycles. The van der Waals surface area contributed by atoms with E-state index in [9.17, 15) is 10.1 Å². The predicted molar refractivity (Wildman–Crippen MR) is 86.5 cm³/mol. The van der Waals surface area contributed by atoms with Crippen LogP contribution in [-0.4, -0.2) is 19.8 Å². The Morgan fingerprint density at radius 2 is 1.83 bits per heavy atom. The van der Waals surface area contributed by atoms with Gasteiger partial charge in [-0.05, 0) is 17.7 Å². The Kier molecular flexibility index (Phi) is 3.23. The maximum absolute atomic E-state index is 10.7. The SMILES string of the molecule is O=[N+]([O-])c1ccc([C@H]2Nn3c(nnc3-c3ccccc3)S2)cc1. The Labute approximate surface area is 135 Å². The van der Waals surface area contributed by atoms with Gasteiger partial charge in [0.25, 0.3) is 5.69 Å². The molecule has 0 unspecified atom stereocenters. The third-order valence-corrected chi connectivity index (χ3v) is 4.63. The third kappa shape index (κ3) is 2.42. The molecule has 23 heavy (non-hydrogen) atoms. The number of nitrogens with one attached hydrogen (secondary N) is 1. The first-order chi connectivity index (χ1) is 11.2. The quantitative estimate of drug-likeness (QED) is 0.588. The number of thioether (sulfide) groups is 1. The van der Waals surface area contributed by atoms with Crippen LogP contribution >= 0.6 is 11.8 Å². The summed E-state index contributed by atoms with van der Waals surface area (Å²) >= 11 is 1.53. The number of nitrogens with zero attached hydrogens (tertiary/aromatic N) is 4. The van der Waals surface area contributed by atoms with Crippen molar-refractivity contribution in [3.63, 3.8) is 0 Å². The van der Waals surface area contributed by atoms with Gasteiger partial charge in [0, 0.05) is 17.7 Å². The second-order valence-electron chi connectivity index (χ2n) is 4.98. The lowest BCUT2D eigenvalue weighted by Gasteiger charge is -2.12. The van der Waals surface area contributed by atoms with E-state index in [2.05, 4.69) is 15.6 Å². The standard InChI is InChI=1S/C15H11N5O2S/c21-20(22)12-8-6-11(7-9-12)14-18-19-13(16-17-15(19)23-14)10-4-2-1-3-5-10/h1-9,14,18H/t14-/m0/s1. The van der Waals surface area contributed by atoms with Crippen molar-refractivity contribution >= 4 is 17.4 Å². The zero-order valence-corrected chi connectivity index (χ0v) is 12.6.